The predicted molar refractivity (Wildman–Crippen MR) is 60.6 cm³/mol. The van der Waals surface area contributed by atoms with Gasteiger partial charge >= 0.3 is 0 Å². The highest BCUT2D eigenvalue weighted by Crippen LogP contribution is 2.22. The van der Waals surface area contributed by atoms with Crippen LogP contribution < -0.4 is 5.32 Å². The average Bonchev–Trinajstić information content (AvgIpc) is 2.41. The van der Waals surface area contributed by atoms with Gasteiger partial charge in [-0.3, -0.25) is 0 Å². The Bertz CT molecular complexity index is 289. The molecule has 1 aliphatic rings. The molecule has 5 heteroatoms. The third-order valence-corrected chi connectivity index (χ3v) is 4.79. The molecule has 1 rings (SSSR count). The minimum atomic E-state index is -2.80. The Labute approximate surface area is 92.0 Å². The SMILES string of the molecule is CC1(NCCCCCO)CCS(=O)(=O)C1. The molecule has 15 heavy (non-hydrogen) atoms. The Morgan fingerprint density at radius 2 is 2.07 bits per heavy atom. The molecule has 0 bridgehead atoms. The number of aliphatic hydroxyl groups excluding tert-OH is 1. The zero-order valence-corrected chi connectivity index (χ0v) is 10.1. The Morgan fingerprint density at radius 1 is 1.33 bits per heavy atom. The monoisotopic (exact) mass is 235 g/mol. The van der Waals surface area contributed by atoms with E-state index in [-0.39, 0.29) is 17.9 Å². The van der Waals surface area contributed by atoms with Gasteiger partial charge in [0.15, 0.2) is 9.84 Å². The minimum absolute atomic E-state index is 0.224. The van der Waals surface area contributed by atoms with E-state index in [9.17, 15) is 8.42 Å². The molecule has 0 saturated carbocycles. The molecule has 90 valence electrons. The van der Waals surface area contributed by atoms with Gasteiger partial charge in [0.05, 0.1) is 11.5 Å². The largest absolute Gasteiger partial charge is 0.396 e. The van der Waals surface area contributed by atoms with Gasteiger partial charge < -0.3 is 10.4 Å². The van der Waals surface area contributed by atoms with E-state index in [0.29, 0.717) is 5.75 Å². The van der Waals surface area contributed by atoms with Gasteiger partial charge in [-0.2, -0.15) is 0 Å². The van der Waals surface area contributed by atoms with Crippen molar-refractivity contribution in [3.05, 3.63) is 0 Å². The van der Waals surface area contributed by atoms with Crippen LogP contribution in [0.4, 0.5) is 0 Å². The summed E-state index contributed by atoms with van der Waals surface area (Å²) in [7, 11) is -2.80. The summed E-state index contributed by atoms with van der Waals surface area (Å²) in [4.78, 5) is 0. The Hall–Kier alpha value is -0.130. The van der Waals surface area contributed by atoms with Crippen LogP contribution in [-0.2, 0) is 9.84 Å². The molecule has 1 heterocycles. The van der Waals surface area contributed by atoms with E-state index < -0.39 is 9.84 Å². The Balaban J connectivity index is 2.21. The average molecular weight is 235 g/mol. The first-order valence-corrected chi connectivity index (χ1v) is 7.36. The van der Waals surface area contributed by atoms with Crippen LogP contribution >= 0.6 is 0 Å². The van der Waals surface area contributed by atoms with Crippen LogP contribution in [-0.4, -0.2) is 43.7 Å². The van der Waals surface area contributed by atoms with Crippen molar-refractivity contribution in [1.29, 1.82) is 0 Å². The Morgan fingerprint density at radius 3 is 2.60 bits per heavy atom. The van der Waals surface area contributed by atoms with Crippen molar-refractivity contribution < 1.29 is 13.5 Å². The second-order valence-electron chi connectivity index (χ2n) is 4.61. The number of aliphatic hydroxyl groups is 1. The molecular formula is C10H21NO3S. The molecule has 1 atom stereocenters. The molecular weight excluding hydrogens is 214 g/mol. The molecule has 1 aliphatic heterocycles. The molecule has 0 radical (unpaired) electrons. The van der Waals surface area contributed by atoms with E-state index in [1.54, 1.807) is 0 Å². The molecule has 0 aromatic heterocycles. The van der Waals surface area contributed by atoms with Crippen molar-refractivity contribution in [3.8, 4) is 0 Å². The van der Waals surface area contributed by atoms with Crippen molar-refractivity contribution >= 4 is 9.84 Å². The quantitative estimate of drug-likeness (QED) is 0.651. The molecule has 4 nitrogen and oxygen atoms in total. The predicted octanol–water partition coefficient (Wildman–Crippen LogP) is 0.316. The maximum atomic E-state index is 11.3. The van der Waals surface area contributed by atoms with Gasteiger partial charge in [-0.15, -0.1) is 0 Å². The lowest BCUT2D eigenvalue weighted by atomic mass is 10.0. The number of hydrogen-bond donors (Lipinski definition) is 2. The van der Waals surface area contributed by atoms with Crippen LogP contribution in [0.15, 0.2) is 0 Å². The molecule has 0 aliphatic carbocycles. The third kappa shape index (κ3) is 4.49. The van der Waals surface area contributed by atoms with Gasteiger partial charge in [0.2, 0.25) is 0 Å². The Kier molecular flexibility index (Phi) is 4.55. The summed E-state index contributed by atoms with van der Waals surface area (Å²) >= 11 is 0. The summed E-state index contributed by atoms with van der Waals surface area (Å²) < 4.78 is 22.6. The highest BCUT2D eigenvalue weighted by Gasteiger charge is 2.37. The maximum absolute atomic E-state index is 11.3. The molecule has 1 fully saturated rings. The fourth-order valence-corrected chi connectivity index (χ4v) is 4.08. The van der Waals surface area contributed by atoms with Gasteiger partial charge in [-0.25, -0.2) is 8.42 Å². The van der Waals surface area contributed by atoms with Crippen LogP contribution in [0.1, 0.15) is 32.6 Å². The van der Waals surface area contributed by atoms with Crippen molar-refractivity contribution in [1.82, 2.24) is 5.32 Å². The fourth-order valence-electron chi connectivity index (χ4n) is 1.95. The normalized spacial score (nSPS) is 29.5. The van der Waals surface area contributed by atoms with E-state index in [4.69, 9.17) is 5.11 Å². The van der Waals surface area contributed by atoms with Crippen molar-refractivity contribution in [2.75, 3.05) is 24.7 Å². The first-order valence-electron chi connectivity index (χ1n) is 5.54. The van der Waals surface area contributed by atoms with Crippen LogP contribution in [0, 0.1) is 0 Å². The van der Waals surface area contributed by atoms with Crippen LogP contribution in [0.3, 0.4) is 0 Å². The van der Waals surface area contributed by atoms with E-state index in [1.165, 1.54) is 0 Å². The van der Waals surface area contributed by atoms with Crippen molar-refractivity contribution in [2.45, 2.75) is 38.1 Å². The maximum Gasteiger partial charge on any atom is 0.152 e. The first kappa shape index (κ1) is 12.9. The molecule has 0 aromatic carbocycles. The van der Waals surface area contributed by atoms with Gasteiger partial charge in [0.1, 0.15) is 0 Å². The zero-order valence-electron chi connectivity index (χ0n) is 9.33. The summed E-state index contributed by atoms with van der Waals surface area (Å²) in [5.41, 5.74) is -0.224. The zero-order chi connectivity index (χ0) is 11.4. The summed E-state index contributed by atoms with van der Waals surface area (Å²) in [5, 5.41) is 11.9. The van der Waals surface area contributed by atoms with E-state index >= 15 is 0 Å². The minimum Gasteiger partial charge on any atom is -0.396 e. The lowest BCUT2D eigenvalue weighted by molar-refractivity contribution is 0.281. The highest BCUT2D eigenvalue weighted by molar-refractivity contribution is 7.91. The second kappa shape index (κ2) is 5.27. The number of nitrogens with one attached hydrogen (secondary N) is 1. The van der Waals surface area contributed by atoms with E-state index in [1.807, 2.05) is 6.92 Å². The molecule has 0 amide bonds. The smallest absolute Gasteiger partial charge is 0.152 e. The number of rotatable bonds is 6. The van der Waals surface area contributed by atoms with Crippen LogP contribution in [0.25, 0.3) is 0 Å². The lowest BCUT2D eigenvalue weighted by Gasteiger charge is -2.23. The van der Waals surface area contributed by atoms with Gasteiger partial charge in [0, 0.05) is 12.1 Å². The van der Waals surface area contributed by atoms with Crippen molar-refractivity contribution in [2.24, 2.45) is 0 Å². The first-order chi connectivity index (χ1) is 6.97. The van der Waals surface area contributed by atoms with Crippen LogP contribution in [0.2, 0.25) is 0 Å². The standard InChI is InChI=1S/C10H21NO3S/c1-10(5-8-15(13,14)9-10)11-6-3-2-4-7-12/h11-12H,2-9H2,1H3. The summed E-state index contributed by atoms with van der Waals surface area (Å²) in [6.07, 6.45) is 3.54. The molecule has 2 N–H and O–H groups in total. The summed E-state index contributed by atoms with van der Waals surface area (Å²) in [6, 6.07) is 0. The van der Waals surface area contributed by atoms with E-state index in [2.05, 4.69) is 5.32 Å². The molecule has 1 unspecified atom stereocenters. The fraction of sp³-hybridized carbons (Fsp3) is 1.00. The summed E-state index contributed by atoms with van der Waals surface area (Å²) in [5.74, 6) is 0.577. The topological polar surface area (TPSA) is 66.4 Å². The van der Waals surface area contributed by atoms with Gasteiger partial charge in [-0.1, -0.05) is 0 Å². The lowest BCUT2D eigenvalue weighted by Crippen LogP contribution is -2.43. The van der Waals surface area contributed by atoms with Gasteiger partial charge in [0.25, 0.3) is 0 Å². The van der Waals surface area contributed by atoms with Crippen LogP contribution in [0.5, 0.6) is 0 Å². The van der Waals surface area contributed by atoms with Crippen molar-refractivity contribution in [3.63, 3.8) is 0 Å². The second-order valence-corrected chi connectivity index (χ2v) is 6.80. The molecule has 1 saturated heterocycles. The summed E-state index contributed by atoms with van der Waals surface area (Å²) in [6.45, 7) is 3.06. The molecule has 0 aromatic rings. The van der Waals surface area contributed by atoms with E-state index in [0.717, 1.165) is 32.2 Å². The number of hydrogen-bond acceptors (Lipinski definition) is 4. The number of sulfone groups is 1. The highest BCUT2D eigenvalue weighted by atomic mass is 32.2. The van der Waals surface area contributed by atoms with Gasteiger partial charge in [-0.05, 0) is 39.2 Å². The number of unbranched alkanes of at least 4 members (excludes halogenated alkanes) is 2. The third-order valence-electron chi connectivity index (χ3n) is 2.89. The molecule has 0 spiro atoms.